The lowest BCUT2D eigenvalue weighted by molar-refractivity contribution is -0.0871. The molecule has 0 radical (unpaired) electrons. The number of nitrogens with zero attached hydrogens (tertiary/aromatic N) is 2. The van der Waals surface area contributed by atoms with Gasteiger partial charge in [0.25, 0.3) is 0 Å². The zero-order valence-electron chi connectivity index (χ0n) is 11.0. The second-order valence-corrected chi connectivity index (χ2v) is 6.58. The quantitative estimate of drug-likeness (QED) is 0.932. The first-order valence-electron chi connectivity index (χ1n) is 6.23. The smallest absolute Gasteiger partial charge is 0.0738 e. The number of hydrogen-bond acceptors (Lipinski definition) is 2. The summed E-state index contributed by atoms with van der Waals surface area (Å²) in [6, 6.07) is 0. The third-order valence-corrected chi connectivity index (χ3v) is 5.02. The van der Waals surface area contributed by atoms with Crippen molar-refractivity contribution in [1.82, 2.24) is 9.78 Å². The van der Waals surface area contributed by atoms with Gasteiger partial charge < -0.3 is 5.11 Å². The van der Waals surface area contributed by atoms with Gasteiger partial charge in [0, 0.05) is 13.5 Å². The lowest BCUT2D eigenvalue weighted by atomic mass is 9.64. The first kappa shape index (κ1) is 13.1. The molecule has 1 N–H and O–H groups in total. The molecule has 2 rings (SSSR count). The van der Waals surface area contributed by atoms with E-state index in [0.717, 1.165) is 28.7 Å². The van der Waals surface area contributed by atoms with Crippen LogP contribution < -0.4 is 0 Å². The van der Waals surface area contributed by atoms with Gasteiger partial charge in [0.15, 0.2) is 0 Å². The molecular formula is C13H21BrN2O. The summed E-state index contributed by atoms with van der Waals surface area (Å²) in [5.74, 6) is 1.35. The Morgan fingerprint density at radius 1 is 1.53 bits per heavy atom. The molecule has 1 aromatic rings. The molecule has 96 valence electrons. The Hall–Kier alpha value is -0.350. The summed E-state index contributed by atoms with van der Waals surface area (Å²) in [6.45, 7) is 6.44. The SMILES string of the molecule is Cc1nn(C)c(CC2(O)CC(C(C)C)C2)c1Br. The minimum atomic E-state index is -0.516. The van der Waals surface area contributed by atoms with Crippen LogP contribution in [0.15, 0.2) is 4.47 Å². The Morgan fingerprint density at radius 2 is 2.12 bits per heavy atom. The topological polar surface area (TPSA) is 38.0 Å². The number of aryl methyl sites for hydroxylation is 2. The molecule has 0 unspecified atom stereocenters. The molecule has 1 saturated carbocycles. The predicted molar refractivity (Wildman–Crippen MR) is 71.9 cm³/mol. The van der Waals surface area contributed by atoms with E-state index in [4.69, 9.17) is 0 Å². The van der Waals surface area contributed by atoms with Crippen molar-refractivity contribution in [2.75, 3.05) is 0 Å². The van der Waals surface area contributed by atoms with Gasteiger partial charge in [0.2, 0.25) is 0 Å². The second kappa shape index (κ2) is 4.39. The molecule has 0 aliphatic heterocycles. The van der Waals surface area contributed by atoms with Gasteiger partial charge in [-0.05, 0) is 47.5 Å². The van der Waals surface area contributed by atoms with E-state index in [0.29, 0.717) is 18.3 Å². The summed E-state index contributed by atoms with van der Waals surface area (Å²) in [7, 11) is 1.94. The van der Waals surface area contributed by atoms with Crippen molar-refractivity contribution in [2.45, 2.75) is 45.6 Å². The molecule has 3 nitrogen and oxygen atoms in total. The predicted octanol–water partition coefficient (Wildman–Crippen LogP) is 2.83. The molecule has 0 spiro atoms. The lowest BCUT2D eigenvalue weighted by Gasteiger charge is -2.46. The summed E-state index contributed by atoms with van der Waals surface area (Å²) in [5, 5.41) is 14.8. The highest BCUT2D eigenvalue weighted by Gasteiger charge is 2.44. The van der Waals surface area contributed by atoms with E-state index in [1.807, 2.05) is 18.7 Å². The Labute approximate surface area is 111 Å². The summed E-state index contributed by atoms with van der Waals surface area (Å²) < 4.78 is 2.92. The molecule has 1 fully saturated rings. The van der Waals surface area contributed by atoms with Crippen LogP contribution in [0.4, 0.5) is 0 Å². The van der Waals surface area contributed by atoms with Crippen LogP contribution in [-0.2, 0) is 13.5 Å². The van der Waals surface area contributed by atoms with Crippen LogP contribution in [0, 0.1) is 18.8 Å². The van der Waals surface area contributed by atoms with Gasteiger partial charge >= 0.3 is 0 Å². The summed E-state index contributed by atoms with van der Waals surface area (Å²) in [6.07, 6.45) is 2.54. The highest BCUT2D eigenvalue weighted by atomic mass is 79.9. The Kier molecular flexibility index (Phi) is 3.38. The Bertz CT molecular complexity index is 419. The van der Waals surface area contributed by atoms with Crippen LogP contribution in [0.2, 0.25) is 0 Å². The molecule has 0 amide bonds. The molecule has 4 heteroatoms. The summed E-state index contributed by atoms with van der Waals surface area (Å²) in [4.78, 5) is 0. The fourth-order valence-electron chi connectivity index (χ4n) is 2.72. The van der Waals surface area contributed by atoms with E-state index in [2.05, 4.69) is 34.9 Å². The van der Waals surface area contributed by atoms with Crippen molar-refractivity contribution in [2.24, 2.45) is 18.9 Å². The van der Waals surface area contributed by atoms with Crippen molar-refractivity contribution >= 4 is 15.9 Å². The first-order valence-corrected chi connectivity index (χ1v) is 7.02. The molecular weight excluding hydrogens is 280 g/mol. The van der Waals surface area contributed by atoms with Gasteiger partial charge in [-0.15, -0.1) is 0 Å². The standard InChI is InChI=1S/C13H21BrN2O/c1-8(2)10-5-13(17,6-10)7-11-12(14)9(3)15-16(11)4/h8,10,17H,5-7H2,1-4H3. The van der Waals surface area contributed by atoms with Gasteiger partial charge in [-0.3, -0.25) is 4.68 Å². The number of halogens is 1. The summed E-state index contributed by atoms with van der Waals surface area (Å²) in [5.41, 5.74) is 1.58. The van der Waals surface area contributed by atoms with Crippen LogP contribution >= 0.6 is 15.9 Å². The first-order chi connectivity index (χ1) is 7.82. The molecule has 1 aliphatic rings. The largest absolute Gasteiger partial charge is 0.389 e. The van der Waals surface area contributed by atoms with Gasteiger partial charge in [-0.25, -0.2) is 0 Å². The highest BCUT2D eigenvalue weighted by molar-refractivity contribution is 9.10. The number of aromatic nitrogens is 2. The van der Waals surface area contributed by atoms with Gasteiger partial charge in [-0.2, -0.15) is 5.10 Å². The van der Waals surface area contributed by atoms with Gasteiger partial charge in [0.1, 0.15) is 0 Å². The third kappa shape index (κ3) is 2.43. The Morgan fingerprint density at radius 3 is 2.53 bits per heavy atom. The maximum Gasteiger partial charge on any atom is 0.0738 e. The monoisotopic (exact) mass is 300 g/mol. The van der Waals surface area contributed by atoms with E-state index < -0.39 is 5.60 Å². The van der Waals surface area contributed by atoms with Crippen molar-refractivity contribution < 1.29 is 5.11 Å². The lowest BCUT2D eigenvalue weighted by Crippen LogP contribution is -2.47. The van der Waals surface area contributed by atoms with E-state index in [1.165, 1.54) is 0 Å². The minimum Gasteiger partial charge on any atom is -0.389 e. The van der Waals surface area contributed by atoms with Gasteiger partial charge in [-0.1, -0.05) is 13.8 Å². The molecule has 0 aromatic carbocycles. The maximum atomic E-state index is 10.5. The molecule has 0 saturated heterocycles. The van der Waals surface area contributed by atoms with Crippen molar-refractivity contribution in [3.05, 3.63) is 15.9 Å². The molecule has 0 atom stereocenters. The molecule has 1 aromatic heterocycles. The van der Waals surface area contributed by atoms with Crippen LogP contribution in [0.3, 0.4) is 0 Å². The van der Waals surface area contributed by atoms with E-state index in [1.54, 1.807) is 0 Å². The average Bonchev–Trinajstić information content (AvgIpc) is 2.41. The third-order valence-electron chi connectivity index (χ3n) is 3.99. The maximum absolute atomic E-state index is 10.5. The fraction of sp³-hybridized carbons (Fsp3) is 0.769. The molecule has 17 heavy (non-hydrogen) atoms. The number of rotatable bonds is 3. The van der Waals surface area contributed by atoms with E-state index in [-0.39, 0.29) is 0 Å². The van der Waals surface area contributed by atoms with Crippen LogP contribution in [-0.4, -0.2) is 20.5 Å². The molecule has 0 bridgehead atoms. The van der Waals surface area contributed by atoms with Crippen molar-refractivity contribution in [3.8, 4) is 0 Å². The molecule has 1 aliphatic carbocycles. The second-order valence-electron chi connectivity index (χ2n) is 5.78. The summed E-state index contributed by atoms with van der Waals surface area (Å²) >= 11 is 3.56. The fourth-order valence-corrected chi connectivity index (χ4v) is 3.19. The average molecular weight is 301 g/mol. The number of aliphatic hydroxyl groups is 1. The highest BCUT2D eigenvalue weighted by Crippen LogP contribution is 2.44. The normalized spacial score (nSPS) is 28.5. The molecule has 1 heterocycles. The van der Waals surface area contributed by atoms with E-state index >= 15 is 0 Å². The van der Waals surface area contributed by atoms with Crippen LogP contribution in [0.25, 0.3) is 0 Å². The zero-order valence-corrected chi connectivity index (χ0v) is 12.6. The van der Waals surface area contributed by atoms with Crippen molar-refractivity contribution in [3.63, 3.8) is 0 Å². The van der Waals surface area contributed by atoms with Crippen molar-refractivity contribution in [1.29, 1.82) is 0 Å². The van der Waals surface area contributed by atoms with E-state index in [9.17, 15) is 5.11 Å². The van der Waals surface area contributed by atoms with Gasteiger partial charge in [0.05, 0.1) is 21.5 Å². The van der Waals surface area contributed by atoms with Crippen LogP contribution in [0.5, 0.6) is 0 Å². The van der Waals surface area contributed by atoms with Crippen LogP contribution in [0.1, 0.15) is 38.1 Å². The zero-order chi connectivity index (χ0) is 12.8. The number of hydrogen-bond donors (Lipinski definition) is 1. The Balaban J connectivity index is 2.07. The minimum absolute atomic E-state index is 0.516.